The lowest BCUT2D eigenvalue weighted by Crippen LogP contribution is -2.07. The van der Waals surface area contributed by atoms with E-state index in [1.807, 2.05) is 0 Å². The standard InChI is InChI=1S/C7H5N3OS/c11-6-4-3-8-2-1-5(4)9-7(12)10-6/h1-3H,(H2,9,10,11,12). The van der Waals surface area contributed by atoms with Gasteiger partial charge in [0.15, 0.2) is 4.77 Å². The van der Waals surface area contributed by atoms with E-state index in [0.717, 1.165) is 0 Å². The molecule has 12 heavy (non-hydrogen) atoms. The van der Waals surface area contributed by atoms with Crippen molar-refractivity contribution in [2.75, 3.05) is 0 Å². The van der Waals surface area contributed by atoms with E-state index in [1.54, 1.807) is 12.3 Å². The molecule has 0 fully saturated rings. The first-order valence-electron chi connectivity index (χ1n) is 3.34. The van der Waals surface area contributed by atoms with E-state index in [-0.39, 0.29) is 5.56 Å². The quantitative estimate of drug-likeness (QED) is 0.592. The molecule has 60 valence electrons. The average molecular weight is 179 g/mol. The maximum absolute atomic E-state index is 11.2. The Morgan fingerprint density at radius 3 is 3.08 bits per heavy atom. The van der Waals surface area contributed by atoms with Gasteiger partial charge in [0, 0.05) is 12.4 Å². The molecule has 0 atom stereocenters. The van der Waals surface area contributed by atoms with Crippen molar-refractivity contribution in [2.45, 2.75) is 0 Å². The van der Waals surface area contributed by atoms with Crippen molar-refractivity contribution < 1.29 is 0 Å². The summed E-state index contributed by atoms with van der Waals surface area (Å²) in [6.07, 6.45) is 3.10. The minimum absolute atomic E-state index is 0.207. The summed E-state index contributed by atoms with van der Waals surface area (Å²) in [7, 11) is 0. The van der Waals surface area contributed by atoms with Crippen molar-refractivity contribution in [2.24, 2.45) is 0 Å². The van der Waals surface area contributed by atoms with Crippen LogP contribution in [0.4, 0.5) is 0 Å². The Hall–Kier alpha value is -1.49. The second-order valence-corrected chi connectivity index (χ2v) is 2.74. The number of H-pyrrole nitrogens is 2. The Labute approximate surface area is 72.3 Å². The van der Waals surface area contributed by atoms with Gasteiger partial charge in [-0.1, -0.05) is 0 Å². The van der Waals surface area contributed by atoms with Gasteiger partial charge in [-0.2, -0.15) is 0 Å². The molecule has 0 amide bonds. The molecule has 0 spiro atoms. The molecule has 4 nitrogen and oxygen atoms in total. The number of fused-ring (bicyclic) bond motifs is 1. The van der Waals surface area contributed by atoms with Gasteiger partial charge in [0.25, 0.3) is 5.56 Å². The summed E-state index contributed by atoms with van der Waals surface area (Å²) < 4.78 is 0.332. The summed E-state index contributed by atoms with van der Waals surface area (Å²) in [5, 5.41) is 0.520. The first-order valence-corrected chi connectivity index (χ1v) is 3.74. The van der Waals surface area contributed by atoms with Crippen LogP contribution in [0.5, 0.6) is 0 Å². The molecule has 0 saturated carbocycles. The number of nitrogens with one attached hydrogen (secondary N) is 2. The lowest BCUT2D eigenvalue weighted by Gasteiger charge is -1.93. The SMILES string of the molecule is O=c1[nH]c(=S)[nH]c2ccncc12. The van der Waals surface area contributed by atoms with Crippen LogP contribution in [-0.4, -0.2) is 15.0 Å². The molecule has 2 heterocycles. The molecule has 2 aromatic heterocycles. The molecule has 0 aliphatic heterocycles. The largest absolute Gasteiger partial charge is 0.332 e. The number of aromatic nitrogens is 3. The van der Waals surface area contributed by atoms with Crippen molar-refractivity contribution in [3.63, 3.8) is 0 Å². The summed E-state index contributed by atoms with van der Waals surface area (Å²) >= 11 is 4.80. The fourth-order valence-corrected chi connectivity index (χ4v) is 1.21. The van der Waals surface area contributed by atoms with Crippen LogP contribution in [-0.2, 0) is 0 Å². The van der Waals surface area contributed by atoms with Crippen LogP contribution in [0.3, 0.4) is 0 Å². The van der Waals surface area contributed by atoms with E-state index < -0.39 is 0 Å². The molecule has 0 saturated heterocycles. The zero-order valence-corrected chi connectivity index (χ0v) is 6.81. The monoisotopic (exact) mass is 179 g/mol. The number of rotatable bonds is 0. The number of pyridine rings is 1. The van der Waals surface area contributed by atoms with Crippen molar-refractivity contribution >= 4 is 23.1 Å². The smallest absolute Gasteiger partial charge is 0.261 e. The second kappa shape index (κ2) is 2.53. The number of aromatic amines is 2. The third-order valence-corrected chi connectivity index (χ3v) is 1.75. The Morgan fingerprint density at radius 1 is 1.42 bits per heavy atom. The van der Waals surface area contributed by atoms with Crippen LogP contribution in [0.1, 0.15) is 0 Å². The van der Waals surface area contributed by atoms with E-state index in [0.29, 0.717) is 15.7 Å². The van der Waals surface area contributed by atoms with Gasteiger partial charge in [-0.05, 0) is 18.3 Å². The summed E-state index contributed by atoms with van der Waals surface area (Å²) in [5.41, 5.74) is 0.501. The Balaban J connectivity index is 3.09. The highest BCUT2D eigenvalue weighted by Gasteiger charge is 1.96. The summed E-state index contributed by atoms with van der Waals surface area (Å²) in [5.74, 6) is 0. The molecule has 0 radical (unpaired) electrons. The molecular weight excluding hydrogens is 174 g/mol. The van der Waals surface area contributed by atoms with E-state index in [2.05, 4.69) is 15.0 Å². The third kappa shape index (κ3) is 1.04. The summed E-state index contributed by atoms with van der Waals surface area (Å²) in [6.45, 7) is 0. The Morgan fingerprint density at radius 2 is 2.25 bits per heavy atom. The topological polar surface area (TPSA) is 61.5 Å². The van der Waals surface area contributed by atoms with Crippen LogP contribution < -0.4 is 5.56 Å². The van der Waals surface area contributed by atoms with Crippen molar-refractivity contribution in [3.05, 3.63) is 33.6 Å². The number of hydrogen-bond donors (Lipinski definition) is 2. The van der Waals surface area contributed by atoms with Gasteiger partial charge < -0.3 is 4.98 Å². The fraction of sp³-hybridized carbons (Fsp3) is 0. The highest BCUT2D eigenvalue weighted by Crippen LogP contribution is 2.00. The van der Waals surface area contributed by atoms with Crippen LogP contribution in [0, 0.1) is 4.77 Å². The molecule has 5 heteroatoms. The van der Waals surface area contributed by atoms with Gasteiger partial charge in [0.1, 0.15) is 0 Å². The predicted octanol–water partition coefficient (Wildman–Crippen LogP) is 0.981. The van der Waals surface area contributed by atoms with Gasteiger partial charge in [-0.25, -0.2) is 0 Å². The van der Waals surface area contributed by atoms with Gasteiger partial charge in [0.05, 0.1) is 10.9 Å². The van der Waals surface area contributed by atoms with Crippen LogP contribution in [0.15, 0.2) is 23.3 Å². The lowest BCUT2D eigenvalue weighted by atomic mass is 10.3. The molecule has 0 bridgehead atoms. The molecule has 0 aliphatic rings. The normalized spacial score (nSPS) is 10.3. The molecule has 0 unspecified atom stereocenters. The van der Waals surface area contributed by atoms with Gasteiger partial charge in [-0.15, -0.1) is 0 Å². The minimum atomic E-state index is -0.207. The lowest BCUT2D eigenvalue weighted by molar-refractivity contribution is 1.13. The maximum atomic E-state index is 11.2. The van der Waals surface area contributed by atoms with Crippen molar-refractivity contribution in [1.29, 1.82) is 0 Å². The van der Waals surface area contributed by atoms with E-state index >= 15 is 0 Å². The van der Waals surface area contributed by atoms with Gasteiger partial charge in [-0.3, -0.25) is 14.8 Å². The Kier molecular flexibility index (Phi) is 1.51. The van der Waals surface area contributed by atoms with E-state index in [1.165, 1.54) is 6.20 Å². The zero-order chi connectivity index (χ0) is 8.55. The predicted molar refractivity (Wildman–Crippen MR) is 47.5 cm³/mol. The zero-order valence-electron chi connectivity index (χ0n) is 6.00. The molecule has 2 N–H and O–H groups in total. The fourth-order valence-electron chi connectivity index (χ4n) is 1.01. The molecule has 0 aliphatic carbocycles. The first kappa shape index (κ1) is 7.17. The molecule has 2 aromatic rings. The van der Waals surface area contributed by atoms with Crippen LogP contribution in [0.25, 0.3) is 10.9 Å². The van der Waals surface area contributed by atoms with E-state index in [9.17, 15) is 4.79 Å². The first-order chi connectivity index (χ1) is 5.77. The maximum Gasteiger partial charge on any atom is 0.261 e. The summed E-state index contributed by atoms with van der Waals surface area (Å²) in [6, 6.07) is 1.71. The van der Waals surface area contributed by atoms with Crippen LogP contribution in [0.2, 0.25) is 0 Å². The highest BCUT2D eigenvalue weighted by molar-refractivity contribution is 7.71. The van der Waals surface area contributed by atoms with Crippen molar-refractivity contribution in [3.8, 4) is 0 Å². The molecular formula is C7H5N3OS. The summed E-state index contributed by atoms with van der Waals surface area (Å²) in [4.78, 5) is 20.4. The molecule has 0 aromatic carbocycles. The Bertz CT molecular complexity index is 528. The second-order valence-electron chi connectivity index (χ2n) is 2.33. The average Bonchev–Trinajstić information content (AvgIpc) is 2.04. The molecule has 2 rings (SSSR count). The number of nitrogens with zero attached hydrogens (tertiary/aromatic N) is 1. The third-order valence-electron chi connectivity index (χ3n) is 1.54. The number of hydrogen-bond acceptors (Lipinski definition) is 3. The highest BCUT2D eigenvalue weighted by atomic mass is 32.1. The van der Waals surface area contributed by atoms with Crippen molar-refractivity contribution in [1.82, 2.24) is 15.0 Å². The van der Waals surface area contributed by atoms with E-state index in [4.69, 9.17) is 12.2 Å². The van der Waals surface area contributed by atoms with Gasteiger partial charge >= 0.3 is 0 Å². The minimum Gasteiger partial charge on any atom is -0.332 e. The van der Waals surface area contributed by atoms with Crippen LogP contribution >= 0.6 is 12.2 Å². The van der Waals surface area contributed by atoms with Gasteiger partial charge in [0.2, 0.25) is 0 Å².